The second-order valence-electron chi connectivity index (χ2n) is 9.15. The van der Waals surface area contributed by atoms with E-state index in [0.717, 1.165) is 12.8 Å². The van der Waals surface area contributed by atoms with Gasteiger partial charge in [0.25, 0.3) is 0 Å². The third-order valence-corrected chi connectivity index (χ3v) is 20.2. The zero-order valence-corrected chi connectivity index (χ0v) is 20.8. The molecule has 0 saturated carbocycles. The van der Waals surface area contributed by atoms with Crippen molar-refractivity contribution in [1.29, 1.82) is 0 Å². The summed E-state index contributed by atoms with van der Waals surface area (Å²) in [5, 5.41) is 10.2. The summed E-state index contributed by atoms with van der Waals surface area (Å²) >= 11 is -2.20. The summed E-state index contributed by atoms with van der Waals surface area (Å²) in [5.41, 5.74) is 3.07. The standard InChI is InChI=1S/C11H17O.3C4H9.Sn/c1-5-10-8(2)6-9(12)7-11(10,3)4;3*1-3-4-2;/h1,5,9,12H,6-7H2,2-4H3;3*1,3-4H2,2H3;. The van der Waals surface area contributed by atoms with Crippen LogP contribution in [0.25, 0.3) is 0 Å². The van der Waals surface area contributed by atoms with Crippen LogP contribution in [0.15, 0.2) is 21.3 Å². The summed E-state index contributed by atoms with van der Waals surface area (Å²) in [5.74, 6) is 0. The minimum atomic E-state index is -2.20. The molecule has 1 atom stereocenters. The molecular weight excluding hydrogens is 411 g/mol. The van der Waals surface area contributed by atoms with Crippen molar-refractivity contribution >= 4 is 18.4 Å². The summed E-state index contributed by atoms with van der Waals surface area (Å²) in [6, 6.07) is 0. The van der Waals surface area contributed by atoms with Gasteiger partial charge >= 0.3 is 163 Å². The molecule has 1 unspecified atom stereocenters. The molecule has 0 saturated heterocycles. The molecular formula is C23H44OSn. The fourth-order valence-corrected chi connectivity index (χ4v) is 18.8. The Hall–Kier alpha value is 0.239. The first-order valence-corrected chi connectivity index (χ1v) is 18.6. The van der Waals surface area contributed by atoms with Crippen molar-refractivity contribution in [2.24, 2.45) is 5.41 Å². The number of hydrogen-bond donors (Lipinski definition) is 1. The molecule has 0 aromatic carbocycles. The maximum atomic E-state index is 10.2. The Morgan fingerprint density at radius 2 is 1.48 bits per heavy atom. The molecule has 1 N–H and O–H groups in total. The first-order valence-electron chi connectivity index (χ1n) is 10.9. The van der Waals surface area contributed by atoms with Crippen LogP contribution in [0.5, 0.6) is 0 Å². The molecule has 0 amide bonds. The second-order valence-corrected chi connectivity index (χ2v) is 22.2. The van der Waals surface area contributed by atoms with Crippen LogP contribution < -0.4 is 0 Å². The van der Waals surface area contributed by atoms with Gasteiger partial charge in [0.15, 0.2) is 0 Å². The van der Waals surface area contributed by atoms with Crippen molar-refractivity contribution in [3.8, 4) is 0 Å². The quantitative estimate of drug-likeness (QED) is 0.321. The number of aliphatic hydroxyl groups is 1. The number of aliphatic hydroxyl groups excluding tert-OH is 1. The van der Waals surface area contributed by atoms with Crippen molar-refractivity contribution < 1.29 is 5.11 Å². The number of hydrogen-bond acceptors (Lipinski definition) is 1. The molecule has 0 aliphatic heterocycles. The molecule has 0 radical (unpaired) electrons. The maximum absolute atomic E-state index is 10.2. The van der Waals surface area contributed by atoms with Gasteiger partial charge in [0, 0.05) is 0 Å². The summed E-state index contributed by atoms with van der Waals surface area (Å²) in [6.45, 7) is 13.9. The Kier molecular flexibility index (Phi) is 10.4. The predicted octanol–water partition coefficient (Wildman–Crippen LogP) is 7.43. The van der Waals surface area contributed by atoms with E-state index in [1.165, 1.54) is 63.0 Å². The van der Waals surface area contributed by atoms with Gasteiger partial charge in [-0.05, 0) is 0 Å². The Morgan fingerprint density at radius 1 is 1.00 bits per heavy atom. The van der Waals surface area contributed by atoms with E-state index in [9.17, 15) is 5.11 Å². The van der Waals surface area contributed by atoms with Gasteiger partial charge < -0.3 is 0 Å². The summed E-state index contributed by atoms with van der Waals surface area (Å²) in [4.78, 5) is 0. The van der Waals surface area contributed by atoms with E-state index in [0.29, 0.717) is 0 Å². The number of rotatable bonds is 11. The first-order chi connectivity index (χ1) is 11.8. The first kappa shape index (κ1) is 23.3. The van der Waals surface area contributed by atoms with Gasteiger partial charge in [-0.3, -0.25) is 0 Å². The minimum absolute atomic E-state index is 0.121. The normalized spacial score (nSPS) is 21.3. The van der Waals surface area contributed by atoms with Gasteiger partial charge in [-0.1, -0.05) is 0 Å². The summed E-state index contributed by atoms with van der Waals surface area (Å²) in [7, 11) is 0. The van der Waals surface area contributed by atoms with Crippen LogP contribution in [0.1, 0.15) is 92.9 Å². The van der Waals surface area contributed by atoms with E-state index in [4.69, 9.17) is 0 Å². The molecule has 146 valence electrons. The van der Waals surface area contributed by atoms with Gasteiger partial charge in [-0.15, -0.1) is 0 Å². The number of unbranched alkanes of at least 4 members (excludes halogenated alkanes) is 3. The van der Waals surface area contributed by atoms with Crippen molar-refractivity contribution in [1.82, 2.24) is 0 Å². The van der Waals surface area contributed by atoms with Crippen LogP contribution in [-0.4, -0.2) is 29.6 Å². The van der Waals surface area contributed by atoms with Gasteiger partial charge in [0.1, 0.15) is 0 Å². The van der Waals surface area contributed by atoms with Crippen molar-refractivity contribution in [2.45, 2.75) is 112 Å². The van der Waals surface area contributed by atoms with Crippen LogP contribution in [0.3, 0.4) is 0 Å². The van der Waals surface area contributed by atoms with E-state index in [1.54, 1.807) is 0 Å². The van der Waals surface area contributed by atoms with Gasteiger partial charge in [-0.25, -0.2) is 0 Å². The second kappa shape index (κ2) is 11.2. The topological polar surface area (TPSA) is 20.2 Å². The van der Waals surface area contributed by atoms with Crippen LogP contribution >= 0.6 is 0 Å². The average molecular weight is 455 g/mol. The third kappa shape index (κ3) is 7.40. The third-order valence-electron chi connectivity index (χ3n) is 6.16. The zero-order valence-electron chi connectivity index (χ0n) is 18.0. The van der Waals surface area contributed by atoms with Crippen molar-refractivity contribution in [3.63, 3.8) is 0 Å². The summed E-state index contributed by atoms with van der Waals surface area (Å²) in [6.07, 6.45) is 12.5. The molecule has 1 aliphatic rings. The van der Waals surface area contributed by atoms with E-state index in [-0.39, 0.29) is 11.5 Å². The Morgan fingerprint density at radius 3 is 1.88 bits per heavy atom. The van der Waals surface area contributed by atoms with Crippen molar-refractivity contribution in [2.75, 3.05) is 0 Å². The van der Waals surface area contributed by atoms with Gasteiger partial charge in [-0.2, -0.15) is 0 Å². The molecule has 2 heteroatoms. The molecule has 0 spiro atoms. The van der Waals surface area contributed by atoms with E-state index >= 15 is 0 Å². The summed E-state index contributed by atoms with van der Waals surface area (Å²) < 4.78 is 7.42. The van der Waals surface area contributed by atoms with Gasteiger partial charge in [0.05, 0.1) is 0 Å². The molecule has 0 aromatic rings. The van der Waals surface area contributed by atoms with E-state index in [1.807, 2.05) is 0 Å². The molecule has 1 aliphatic carbocycles. The van der Waals surface area contributed by atoms with E-state index < -0.39 is 18.4 Å². The molecule has 0 bridgehead atoms. The van der Waals surface area contributed by atoms with Crippen LogP contribution in [0, 0.1) is 5.41 Å². The van der Waals surface area contributed by atoms with Crippen LogP contribution in [0.4, 0.5) is 0 Å². The molecule has 1 nitrogen and oxygen atoms in total. The van der Waals surface area contributed by atoms with Crippen LogP contribution in [0.2, 0.25) is 13.3 Å². The van der Waals surface area contributed by atoms with E-state index in [2.05, 4.69) is 51.7 Å². The van der Waals surface area contributed by atoms with Gasteiger partial charge in [0.2, 0.25) is 0 Å². The predicted molar refractivity (Wildman–Crippen MR) is 116 cm³/mol. The molecule has 0 aromatic heterocycles. The fraction of sp³-hybridized carbons (Fsp3) is 0.826. The average Bonchev–Trinajstić information content (AvgIpc) is 2.54. The molecule has 0 heterocycles. The Bertz CT molecular complexity index is 425. The Balaban J connectivity index is 3.11. The fourth-order valence-electron chi connectivity index (χ4n) is 4.65. The zero-order chi connectivity index (χ0) is 18.9. The number of allylic oxidation sites excluding steroid dienone is 2. The monoisotopic (exact) mass is 456 g/mol. The SMILES string of the molecule is CCC[CH2][Sn](/[CH]=C/C1=C(C)CC(O)CC1(C)C)([CH2]CCC)[CH2]CCC. The van der Waals surface area contributed by atoms with Crippen LogP contribution in [-0.2, 0) is 0 Å². The molecule has 25 heavy (non-hydrogen) atoms. The Labute approximate surface area is 162 Å². The molecule has 1 rings (SSSR count). The molecule has 0 fully saturated rings. The van der Waals surface area contributed by atoms with Crippen molar-refractivity contribution in [3.05, 3.63) is 21.3 Å².